The average molecular weight is 565 g/mol. The summed E-state index contributed by atoms with van der Waals surface area (Å²) >= 11 is 5.53. The van der Waals surface area contributed by atoms with Gasteiger partial charge < -0.3 is 10.4 Å². The van der Waals surface area contributed by atoms with Gasteiger partial charge in [0.15, 0.2) is 0 Å². The molecule has 1 fully saturated rings. The number of nitrogens with one attached hydrogen (secondary N) is 1. The average Bonchev–Trinajstić information content (AvgIpc) is 3.14. The number of hydrogen-bond acceptors (Lipinski definition) is 4. The summed E-state index contributed by atoms with van der Waals surface area (Å²) < 4.78 is 28.7. The summed E-state index contributed by atoms with van der Waals surface area (Å²) in [5.74, 6) is -0.268. The molecule has 144 valence electrons. The maximum absolute atomic E-state index is 12.8. The van der Waals surface area contributed by atoms with Gasteiger partial charge in [0.05, 0.1) is 11.5 Å². The van der Waals surface area contributed by atoms with Crippen LogP contribution in [0.5, 0.6) is 0 Å². The van der Waals surface area contributed by atoms with E-state index in [9.17, 15) is 18.3 Å². The molecular formula is C18H18BrIN2O4S. The normalized spacial score (nSPS) is 17.8. The van der Waals surface area contributed by atoms with Gasteiger partial charge in [0.1, 0.15) is 0 Å². The number of sulfonamides is 1. The van der Waals surface area contributed by atoms with Crippen molar-refractivity contribution in [2.24, 2.45) is 0 Å². The number of carbonyl (C=O) groups excluding carboxylic acids is 1. The van der Waals surface area contributed by atoms with Crippen molar-refractivity contribution in [2.75, 3.05) is 18.5 Å². The Hall–Kier alpha value is -1.01. The van der Waals surface area contributed by atoms with E-state index in [4.69, 9.17) is 0 Å². The molecular weight excluding hydrogens is 547 g/mol. The molecule has 1 saturated heterocycles. The van der Waals surface area contributed by atoms with Crippen molar-refractivity contribution in [1.29, 1.82) is 0 Å². The summed E-state index contributed by atoms with van der Waals surface area (Å²) in [5.41, 5.74) is 1.03. The van der Waals surface area contributed by atoms with Gasteiger partial charge in [0.2, 0.25) is 10.0 Å². The molecule has 0 saturated carbocycles. The summed E-state index contributed by atoms with van der Waals surface area (Å²) in [6.45, 7) is 0.230. The van der Waals surface area contributed by atoms with Crippen LogP contribution in [0.2, 0.25) is 0 Å². The van der Waals surface area contributed by atoms with Crippen LogP contribution < -0.4 is 5.32 Å². The van der Waals surface area contributed by atoms with Crippen LogP contribution in [0.15, 0.2) is 51.8 Å². The number of halogens is 2. The lowest BCUT2D eigenvalue weighted by molar-refractivity contribution is 0.102. The third-order valence-electron chi connectivity index (χ3n) is 4.43. The molecule has 1 unspecified atom stereocenters. The summed E-state index contributed by atoms with van der Waals surface area (Å²) in [4.78, 5) is 12.5. The third-order valence-corrected chi connectivity index (χ3v) is 8.73. The lowest BCUT2D eigenvalue weighted by atomic mass is 10.2. The zero-order chi connectivity index (χ0) is 19.6. The minimum absolute atomic E-state index is 0.152. The van der Waals surface area contributed by atoms with E-state index in [1.165, 1.54) is 16.4 Å². The molecule has 0 bridgehead atoms. The smallest absolute Gasteiger partial charge is 0.255 e. The molecule has 0 spiro atoms. The fourth-order valence-corrected chi connectivity index (χ4v) is 5.44. The summed E-state index contributed by atoms with van der Waals surface area (Å²) in [7, 11) is -3.65. The number of aliphatic hydroxyl groups excluding tert-OH is 1. The standard InChI is InChI=1S/C18H18BrIN2O4S/c19-16-8-3-12(10-17(16)20)18(24)21-13-4-6-15(7-5-13)27(25,26)22-9-1-2-14(22)11-23/h3-8,10,14,23H,1-2,9,11H2,(H,21,24). The molecule has 9 heteroatoms. The highest BCUT2D eigenvalue weighted by Gasteiger charge is 2.34. The van der Waals surface area contributed by atoms with Gasteiger partial charge in [-0.25, -0.2) is 8.42 Å². The molecule has 2 N–H and O–H groups in total. The quantitative estimate of drug-likeness (QED) is 0.545. The zero-order valence-electron chi connectivity index (χ0n) is 14.2. The molecule has 1 aliphatic heterocycles. The second-order valence-corrected chi connectivity index (χ2v) is 10.1. The van der Waals surface area contributed by atoms with Gasteiger partial charge in [0.25, 0.3) is 5.91 Å². The van der Waals surface area contributed by atoms with Gasteiger partial charge in [-0.3, -0.25) is 4.79 Å². The molecule has 2 aromatic rings. The van der Waals surface area contributed by atoms with E-state index in [-0.39, 0.29) is 23.5 Å². The number of hydrogen-bond donors (Lipinski definition) is 2. The Morgan fingerprint density at radius 3 is 2.59 bits per heavy atom. The lowest BCUT2D eigenvalue weighted by Crippen LogP contribution is -2.37. The first-order valence-electron chi connectivity index (χ1n) is 8.32. The molecule has 6 nitrogen and oxygen atoms in total. The highest BCUT2D eigenvalue weighted by molar-refractivity contribution is 14.1. The molecule has 1 atom stereocenters. The fourth-order valence-electron chi connectivity index (χ4n) is 2.99. The topological polar surface area (TPSA) is 86.7 Å². The van der Waals surface area contributed by atoms with Gasteiger partial charge >= 0.3 is 0 Å². The van der Waals surface area contributed by atoms with Crippen LogP contribution in [0.4, 0.5) is 5.69 Å². The lowest BCUT2D eigenvalue weighted by Gasteiger charge is -2.22. The van der Waals surface area contributed by atoms with Crippen molar-refractivity contribution in [3.05, 3.63) is 56.1 Å². The minimum atomic E-state index is -3.65. The number of aliphatic hydroxyl groups is 1. The van der Waals surface area contributed by atoms with E-state index in [1.807, 2.05) is 0 Å². The van der Waals surface area contributed by atoms with E-state index < -0.39 is 10.0 Å². The van der Waals surface area contributed by atoms with Gasteiger partial charge in [0, 0.05) is 31.9 Å². The Morgan fingerprint density at radius 1 is 1.26 bits per heavy atom. The van der Waals surface area contributed by atoms with Crippen molar-refractivity contribution >= 4 is 60.1 Å². The third kappa shape index (κ3) is 4.53. The first-order chi connectivity index (χ1) is 12.8. The number of amides is 1. The summed E-state index contributed by atoms with van der Waals surface area (Å²) in [5, 5.41) is 12.1. The summed E-state index contributed by atoms with van der Waals surface area (Å²) in [6, 6.07) is 11.0. The monoisotopic (exact) mass is 564 g/mol. The molecule has 1 heterocycles. The van der Waals surface area contributed by atoms with E-state index in [0.29, 0.717) is 24.2 Å². The maximum Gasteiger partial charge on any atom is 0.255 e. The van der Waals surface area contributed by atoms with Crippen LogP contribution in [0.1, 0.15) is 23.2 Å². The van der Waals surface area contributed by atoms with Gasteiger partial charge in [-0.15, -0.1) is 0 Å². The van der Waals surface area contributed by atoms with E-state index in [2.05, 4.69) is 43.8 Å². The molecule has 1 aliphatic rings. The Morgan fingerprint density at radius 2 is 1.96 bits per heavy atom. The molecule has 0 radical (unpaired) electrons. The van der Waals surface area contributed by atoms with E-state index >= 15 is 0 Å². The van der Waals surface area contributed by atoms with Crippen molar-refractivity contribution in [3.8, 4) is 0 Å². The van der Waals surface area contributed by atoms with Gasteiger partial charge in [-0.1, -0.05) is 0 Å². The van der Waals surface area contributed by atoms with Crippen molar-refractivity contribution in [1.82, 2.24) is 4.31 Å². The molecule has 27 heavy (non-hydrogen) atoms. The van der Waals surface area contributed by atoms with E-state index in [0.717, 1.165) is 14.5 Å². The van der Waals surface area contributed by atoms with Crippen LogP contribution in [0.3, 0.4) is 0 Å². The van der Waals surface area contributed by atoms with Crippen LogP contribution in [-0.2, 0) is 10.0 Å². The first kappa shape index (κ1) is 20.7. The Kier molecular flexibility index (Phi) is 6.57. The van der Waals surface area contributed by atoms with Crippen LogP contribution in [0, 0.1) is 3.57 Å². The zero-order valence-corrected chi connectivity index (χ0v) is 18.8. The number of carbonyl (C=O) groups is 1. The van der Waals surface area contributed by atoms with Crippen molar-refractivity contribution in [3.63, 3.8) is 0 Å². The number of anilines is 1. The summed E-state index contributed by atoms with van der Waals surface area (Å²) in [6.07, 6.45) is 1.40. The number of nitrogens with zero attached hydrogens (tertiary/aromatic N) is 1. The van der Waals surface area contributed by atoms with Crippen LogP contribution in [0.25, 0.3) is 0 Å². The highest BCUT2D eigenvalue weighted by Crippen LogP contribution is 2.27. The van der Waals surface area contributed by atoms with Gasteiger partial charge in [-0.2, -0.15) is 4.31 Å². The predicted octanol–water partition coefficient (Wildman–Crippen LogP) is 3.45. The molecule has 3 rings (SSSR count). The first-order valence-corrected chi connectivity index (χ1v) is 11.6. The molecule has 0 aromatic heterocycles. The second kappa shape index (κ2) is 8.56. The Balaban J connectivity index is 1.75. The molecule has 0 aliphatic carbocycles. The Bertz CT molecular complexity index is 950. The number of benzene rings is 2. The Labute approximate surface area is 180 Å². The number of rotatable bonds is 5. The second-order valence-electron chi connectivity index (χ2n) is 6.20. The van der Waals surface area contributed by atoms with E-state index in [1.54, 1.807) is 30.3 Å². The highest BCUT2D eigenvalue weighted by atomic mass is 127. The molecule has 2 aromatic carbocycles. The molecule has 1 amide bonds. The van der Waals surface area contributed by atoms with Crippen LogP contribution in [-0.4, -0.2) is 42.9 Å². The van der Waals surface area contributed by atoms with Crippen molar-refractivity contribution in [2.45, 2.75) is 23.8 Å². The minimum Gasteiger partial charge on any atom is -0.395 e. The largest absolute Gasteiger partial charge is 0.395 e. The van der Waals surface area contributed by atoms with Crippen LogP contribution >= 0.6 is 38.5 Å². The van der Waals surface area contributed by atoms with Gasteiger partial charge in [-0.05, 0) is 93.8 Å². The van der Waals surface area contributed by atoms with Crippen molar-refractivity contribution < 1.29 is 18.3 Å². The predicted molar refractivity (Wildman–Crippen MR) is 115 cm³/mol. The SMILES string of the molecule is O=C(Nc1ccc(S(=O)(=O)N2CCCC2CO)cc1)c1ccc(Br)c(I)c1. The maximum atomic E-state index is 12.8. The fraction of sp³-hybridized carbons (Fsp3) is 0.278.